The van der Waals surface area contributed by atoms with Gasteiger partial charge in [-0.15, -0.1) is 0 Å². The fourth-order valence-electron chi connectivity index (χ4n) is 1.44. The number of hydrogen-bond donors (Lipinski definition) is 2. The van der Waals surface area contributed by atoms with Gasteiger partial charge in [-0.1, -0.05) is 12.1 Å². The molecule has 2 aromatic rings. The molecule has 1 aromatic heterocycles. The van der Waals surface area contributed by atoms with E-state index in [-0.39, 0.29) is 5.56 Å². The highest BCUT2D eigenvalue weighted by atomic mass is 16.4. The van der Waals surface area contributed by atoms with E-state index in [0.29, 0.717) is 5.52 Å². The molecule has 16 heavy (non-hydrogen) atoms. The Labute approximate surface area is 90.9 Å². The molecule has 80 valence electrons. The Morgan fingerprint density at radius 3 is 2.75 bits per heavy atom. The molecular weight excluding hydrogens is 206 g/mol. The first kappa shape index (κ1) is 10.2. The molecule has 1 heterocycles. The monoisotopic (exact) mass is 215 g/mol. The van der Waals surface area contributed by atoms with Gasteiger partial charge in [-0.2, -0.15) is 0 Å². The van der Waals surface area contributed by atoms with E-state index in [4.69, 9.17) is 5.11 Å². The lowest BCUT2D eigenvalue weighted by molar-refractivity contribution is -0.131. The smallest absolute Gasteiger partial charge is 0.328 e. The van der Waals surface area contributed by atoms with E-state index in [1.807, 2.05) is 6.07 Å². The molecule has 0 unspecified atom stereocenters. The molecule has 0 saturated heterocycles. The van der Waals surface area contributed by atoms with Crippen LogP contribution < -0.4 is 5.56 Å². The highest BCUT2D eigenvalue weighted by Crippen LogP contribution is 2.12. The predicted octanol–water partition coefficient (Wildman–Crippen LogP) is 1.63. The number of aliphatic carboxylic acids is 1. The number of carboxylic acid groups (broad SMARTS) is 1. The zero-order valence-corrected chi connectivity index (χ0v) is 8.31. The van der Waals surface area contributed by atoms with Crippen molar-refractivity contribution in [2.45, 2.75) is 0 Å². The van der Waals surface area contributed by atoms with Gasteiger partial charge in [0, 0.05) is 17.7 Å². The Kier molecular flexibility index (Phi) is 2.55. The maximum Gasteiger partial charge on any atom is 0.328 e. The summed E-state index contributed by atoms with van der Waals surface area (Å²) in [6.45, 7) is 0. The van der Waals surface area contributed by atoms with Gasteiger partial charge < -0.3 is 10.1 Å². The summed E-state index contributed by atoms with van der Waals surface area (Å²) >= 11 is 0. The van der Waals surface area contributed by atoms with E-state index >= 15 is 0 Å². The average Bonchev–Trinajstić information content (AvgIpc) is 2.25. The van der Waals surface area contributed by atoms with Crippen molar-refractivity contribution in [2.24, 2.45) is 0 Å². The summed E-state index contributed by atoms with van der Waals surface area (Å²) in [5, 5.41) is 9.40. The second kappa shape index (κ2) is 4.02. The summed E-state index contributed by atoms with van der Waals surface area (Å²) in [4.78, 5) is 24.1. The van der Waals surface area contributed by atoms with E-state index in [9.17, 15) is 9.59 Å². The van der Waals surface area contributed by atoms with Crippen LogP contribution in [-0.2, 0) is 4.79 Å². The minimum atomic E-state index is -0.998. The second-order valence-electron chi connectivity index (χ2n) is 3.34. The largest absolute Gasteiger partial charge is 0.478 e. The van der Waals surface area contributed by atoms with Crippen LogP contribution in [0.3, 0.4) is 0 Å². The zero-order chi connectivity index (χ0) is 11.5. The van der Waals surface area contributed by atoms with Crippen LogP contribution in [0.25, 0.3) is 17.0 Å². The molecule has 0 aliphatic carbocycles. The number of H-pyrrole nitrogens is 1. The Morgan fingerprint density at radius 1 is 1.25 bits per heavy atom. The van der Waals surface area contributed by atoms with Crippen LogP contribution in [0.5, 0.6) is 0 Å². The van der Waals surface area contributed by atoms with Crippen molar-refractivity contribution in [1.82, 2.24) is 4.98 Å². The number of pyridine rings is 1. The summed E-state index contributed by atoms with van der Waals surface area (Å²) < 4.78 is 0. The van der Waals surface area contributed by atoms with E-state index < -0.39 is 5.97 Å². The van der Waals surface area contributed by atoms with E-state index in [2.05, 4.69) is 4.98 Å². The van der Waals surface area contributed by atoms with Gasteiger partial charge in [-0.05, 0) is 29.2 Å². The molecule has 0 spiro atoms. The topological polar surface area (TPSA) is 70.2 Å². The average molecular weight is 215 g/mol. The first-order chi connectivity index (χ1) is 7.65. The van der Waals surface area contributed by atoms with Gasteiger partial charge >= 0.3 is 5.97 Å². The fourth-order valence-corrected chi connectivity index (χ4v) is 1.44. The first-order valence-electron chi connectivity index (χ1n) is 4.69. The number of nitrogens with one attached hydrogen (secondary N) is 1. The highest BCUT2D eigenvalue weighted by Gasteiger charge is 1.95. The van der Waals surface area contributed by atoms with Crippen molar-refractivity contribution in [1.29, 1.82) is 0 Å². The van der Waals surface area contributed by atoms with Crippen molar-refractivity contribution in [3.05, 3.63) is 52.3 Å². The molecule has 0 radical (unpaired) electrons. The van der Waals surface area contributed by atoms with Crippen LogP contribution in [0.15, 0.2) is 41.2 Å². The SMILES string of the molecule is O=C(O)C=Cc1ccc2ccc(=O)[nH]c2c1. The van der Waals surface area contributed by atoms with Crippen LogP contribution in [-0.4, -0.2) is 16.1 Å². The van der Waals surface area contributed by atoms with Crippen LogP contribution in [0.1, 0.15) is 5.56 Å². The molecule has 4 nitrogen and oxygen atoms in total. The van der Waals surface area contributed by atoms with Crippen LogP contribution in [0.2, 0.25) is 0 Å². The molecule has 2 rings (SSSR count). The summed E-state index contributed by atoms with van der Waals surface area (Å²) in [5.41, 5.74) is 1.25. The Morgan fingerprint density at radius 2 is 2.00 bits per heavy atom. The third-order valence-electron chi connectivity index (χ3n) is 2.17. The number of rotatable bonds is 2. The quantitative estimate of drug-likeness (QED) is 0.748. The Bertz CT molecular complexity index is 625. The van der Waals surface area contributed by atoms with Crippen molar-refractivity contribution in [3.63, 3.8) is 0 Å². The van der Waals surface area contributed by atoms with Crippen molar-refractivity contribution < 1.29 is 9.90 Å². The highest BCUT2D eigenvalue weighted by molar-refractivity contribution is 5.87. The fraction of sp³-hybridized carbons (Fsp3) is 0. The van der Waals surface area contributed by atoms with Gasteiger partial charge in [0.2, 0.25) is 5.56 Å². The molecule has 0 atom stereocenters. The lowest BCUT2D eigenvalue weighted by Crippen LogP contribution is -2.02. The minimum Gasteiger partial charge on any atom is -0.478 e. The van der Waals surface area contributed by atoms with Crippen LogP contribution in [0, 0.1) is 0 Å². The Hall–Kier alpha value is -2.36. The number of hydrogen-bond acceptors (Lipinski definition) is 2. The molecule has 0 bridgehead atoms. The van der Waals surface area contributed by atoms with Gasteiger partial charge in [0.1, 0.15) is 0 Å². The van der Waals surface area contributed by atoms with Gasteiger partial charge in [-0.3, -0.25) is 4.79 Å². The number of carbonyl (C=O) groups is 1. The zero-order valence-electron chi connectivity index (χ0n) is 8.31. The van der Waals surface area contributed by atoms with Crippen LogP contribution in [0.4, 0.5) is 0 Å². The molecule has 0 saturated carbocycles. The van der Waals surface area contributed by atoms with Crippen molar-refractivity contribution in [2.75, 3.05) is 0 Å². The molecule has 0 aliphatic rings. The standard InChI is InChI=1S/C12H9NO3/c14-11-5-4-9-3-1-8(2-6-12(15)16)7-10(9)13-11/h1-7H,(H,13,14)(H,15,16). The van der Waals surface area contributed by atoms with Crippen molar-refractivity contribution >= 4 is 22.9 Å². The second-order valence-corrected chi connectivity index (χ2v) is 3.34. The number of carboxylic acids is 1. The third kappa shape index (κ3) is 2.17. The van der Waals surface area contributed by atoms with Gasteiger partial charge in [0.15, 0.2) is 0 Å². The van der Waals surface area contributed by atoms with Crippen LogP contribution >= 0.6 is 0 Å². The molecule has 0 amide bonds. The van der Waals surface area contributed by atoms with Gasteiger partial charge in [0.05, 0.1) is 0 Å². The molecule has 0 aliphatic heterocycles. The normalized spacial score (nSPS) is 11.0. The lowest BCUT2D eigenvalue weighted by atomic mass is 10.1. The molecule has 0 fully saturated rings. The molecular formula is C12H9NO3. The maximum absolute atomic E-state index is 11.1. The van der Waals surface area contributed by atoms with Gasteiger partial charge in [-0.25, -0.2) is 4.79 Å². The number of aromatic nitrogens is 1. The summed E-state index contributed by atoms with van der Waals surface area (Å²) in [6.07, 6.45) is 2.54. The summed E-state index contributed by atoms with van der Waals surface area (Å²) in [6, 6.07) is 8.52. The lowest BCUT2D eigenvalue weighted by Gasteiger charge is -1.98. The maximum atomic E-state index is 11.1. The van der Waals surface area contributed by atoms with E-state index in [1.54, 1.807) is 18.2 Å². The number of fused-ring (bicyclic) bond motifs is 1. The number of aromatic amines is 1. The number of benzene rings is 1. The van der Waals surface area contributed by atoms with E-state index in [1.165, 1.54) is 12.1 Å². The predicted molar refractivity (Wildman–Crippen MR) is 61.2 cm³/mol. The first-order valence-corrected chi connectivity index (χ1v) is 4.69. The van der Waals surface area contributed by atoms with E-state index in [0.717, 1.165) is 17.0 Å². The molecule has 1 aromatic carbocycles. The molecule has 2 N–H and O–H groups in total. The minimum absolute atomic E-state index is 0.174. The third-order valence-corrected chi connectivity index (χ3v) is 2.17. The van der Waals surface area contributed by atoms with Crippen molar-refractivity contribution in [3.8, 4) is 0 Å². The molecule has 4 heteroatoms. The Balaban J connectivity index is 2.50. The van der Waals surface area contributed by atoms with Gasteiger partial charge in [0.25, 0.3) is 0 Å². The summed E-state index contributed by atoms with van der Waals surface area (Å²) in [7, 11) is 0. The summed E-state index contributed by atoms with van der Waals surface area (Å²) in [5.74, 6) is -0.998.